The van der Waals surface area contributed by atoms with Gasteiger partial charge in [-0.1, -0.05) is 39.0 Å². The van der Waals surface area contributed by atoms with Gasteiger partial charge in [-0.2, -0.15) is 0 Å². The maximum Gasteiger partial charge on any atom is 0.192 e. The molecule has 0 atom stereocenters. The molecule has 1 aromatic heterocycles. The summed E-state index contributed by atoms with van der Waals surface area (Å²) in [6.45, 7) is 13.2. The van der Waals surface area contributed by atoms with Crippen molar-refractivity contribution in [3.63, 3.8) is 0 Å². The number of rotatable bonds is 5. The lowest BCUT2D eigenvalue weighted by atomic mass is 10.0. The third-order valence-corrected chi connectivity index (χ3v) is 10.4. The molecule has 3 rings (SSSR count). The van der Waals surface area contributed by atoms with E-state index in [1.54, 1.807) is 18.2 Å². The van der Waals surface area contributed by atoms with Crippen LogP contribution in [0.5, 0.6) is 0 Å². The van der Waals surface area contributed by atoms with Gasteiger partial charge in [0.25, 0.3) is 0 Å². The molecular formula is C22H30F2N2O2Si. The molecule has 1 saturated heterocycles. The molecule has 0 saturated carbocycles. The van der Waals surface area contributed by atoms with Crippen LogP contribution in [-0.2, 0) is 15.8 Å². The summed E-state index contributed by atoms with van der Waals surface area (Å²) in [5.41, 5.74) is 1.23. The number of aromatic nitrogens is 1. The van der Waals surface area contributed by atoms with Gasteiger partial charge in [0.15, 0.2) is 20.0 Å². The second-order valence-corrected chi connectivity index (χ2v) is 13.8. The summed E-state index contributed by atoms with van der Waals surface area (Å²) in [4.78, 5) is 6.12. The second-order valence-electron chi connectivity index (χ2n) is 8.96. The maximum absolute atomic E-state index is 15.2. The third kappa shape index (κ3) is 4.84. The molecule has 4 nitrogen and oxygen atoms in total. The summed E-state index contributed by atoms with van der Waals surface area (Å²) in [6.07, 6.45) is 1.53. The zero-order valence-corrected chi connectivity index (χ0v) is 18.9. The Kier molecular flexibility index (Phi) is 6.41. The number of benzene rings is 1. The highest BCUT2D eigenvalue weighted by Crippen LogP contribution is 2.37. The van der Waals surface area contributed by atoms with Crippen LogP contribution in [0.3, 0.4) is 0 Å². The van der Waals surface area contributed by atoms with Gasteiger partial charge in [-0.25, -0.2) is 13.8 Å². The quantitative estimate of drug-likeness (QED) is 0.608. The first kappa shape index (κ1) is 21.9. The van der Waals surface area contributed by atoms with Gasteiger partial charge in [0.05, 0.1) is 19.8 Å². The van der Waals surface area contributed by atoms with Gasteiger partial charge in [0.2, 0.25) is 0 Å². The minimum atomic E-state index is -2.00. The maximum atomic E-state index is 15.2. The Hall–Kier alpha value is -1.83. The van der Waals surface area contributed by atoms with E-state index in [-0.39, 0.29) is 23.3 Å². The van der Waals surface area contributed by atoms with E-state index in [0.717, 1.165) is 0 Å². The van der Waals surface area contributed by atoms with Crippen molar-refractivity contribution in [3.05, 3.63) is 47.7 Å². The summed E-state index contributed by atoms with van der Waals surface area (Å²) in [7, 11) is -2.00. The second kappa shape index (κ2) is 8.50. The van der Waals surface area contributed by atoms with Crippen LogP contribution in [0.25, 0.3) is 11.1 Å². The molecule has 7 heteroatoms. The number of hydrogen-bond acceptors (Lipinski definition) is 4. The van der Waals surface area contributed by atoms with Crippen molar-refractivity contribution in [2.24, 2.45) is 0 Å². The Morgan fingerprint density at radius 2 is 1.86 bits per heavy atom. The molecular weight excluding hydrogens is 390 g/mol. The largest absolute Gasteiger partial charge is 0.412 e. The number of hydrogen-bond donors (Lipinski definition) is 0. The highest BCUT2D eigenvalue weighted by Gasteiger charge is 2.37. The van der Waals surface area contributed by atoms with Crippen LogP contribution >= 0.6 is 0 Å². The molecule has 0 bridgehead atoms. The van der Waals surface area contributed by atoms with Crippen LogP contribution in [0.4, 0.5) is 14.6 Å². The third-order valence-electron chi connectivity index (χ3n) is 5.92. The Morgan fingerprint density at radius 1 is 1.17 bits per heavy atom. The van der Waals surface area contributed by atoms with Crippen LogP contribution < -0.4 is 4.90 Å². The monoisotopic (exact) mass is 420 g/mol. The average Bonchev–Trinajstić information content (AvgIpc) is 2.67. The fourth-order valence-corrected chi connectivity index (χ4v) is 3.92. The first-order chi connectivity index (χ1) is 13.6. The lowest BCUT2D eigenvalue weighted by Gasteiger charge is -2.36. The van der Waals surface area contributed by atoms with E-state index in [1.807, 2.05) is 4.90 Å². The first-order valence-electron chi connectivity index (χ1n) is 10.00. The van der Waals surface area contributed by atoms with Gasteiger partial charge in [0, 0.05) is 36.0 Å². The van der Waals surface area contributed by atoms with Crippen LogP contribution in [0.1, 0.15) is 26.3 Å². The molecule has 0 amide bonds. The lowest BCUT2D eigenvalue weighted by Crippen LogP contribution is -2.40. The molecule has 0 aliphatic carbocycles. The number of nitrogens with zero attached hydrogens (tertiary/aromatic N) is 2. The highest BCUT2D eigenvalue weighted by molar-refractivity contribution is 6.74. The zero-order chi connectivity index (χ0) is 21.2. The van der Waals surface area contributed by atoms with Crippen molar-refractivity contribution < 1.29 is 17.9 Å². The normalized spacial score (nSPS) is 15.6. The van der Waals surface area contributed by atoms with Crippen molar-refractivity contribution in [1.82, 2.24) is 4.98 Å². The number of pyridine rings is 1. The smallest absolute Gasteiger partial charge is 0.192 e. The minimum absolute atomic E-state index is 0.0451. The van der Waals surface area contributed by atoms with E-state index in [1.165, 1.54) is 12.3 Å². The van der Waals surface area contributed by atoms with Gasteiger partial charge in [-0.05, 0) is 24.2 Å². The lowest BCUT2D eigenvalue weighted by molar-refractivity contribution is 0.122. The van der Waals surface area contributed by atoms with E-state index in [0.29, 0.717) is 43.0 Å². The average molecular weight is 421 g/mol. The number of ether oxygens (including phenoxy) is 1. The zero-order valence-electron chi connectivity index (χ0n) is 17.9. The Balaban J connectivity index is 1.83. The van der Waals surface area contributed by atoms with E-state index < -0.39 is 14.1 Å². The summed E-state index contributed by atoms with van der Waals surface area (Å²) in [5.74, 6) is -0.548. The van der Waals surface area contributed by atoms with Crippen molar-refractivity contribution >= 4 is 14.1 Å². The van der Waals surface area contributed by atoms with E-state index in [2.05, 4.69) is 38.8 Å². The molecule has 0 radical (unpaired) electrons. The summed E-state index contributed by atoms with van der Waals surface area (Å²) in [5, 5.41) is 0.0451. The van der Waals surface area contributed by atoms with E-state index in [9.17, 15) is 4.39 Å². The number of anilines is 1. The van der Waals surface area contributed by atoms with E-state index in [4.69, 9.17) is 9.16 Å². The van der Waals surface area contributed by atoms with Gasteiger partial charge < -0.3 is 14.1 Å². The van der Waals surface area contributed by atoms with Crippen molar-refractivity contribution in [3.8, 4) is 11.1 Å². The number of morpholine rings is 1. The van der Waals surface area contributed by atoms with Crippen molar-refractivity contribution in [1.29, 1.82) is 0 Å². The van der Waals surface area contributed by atoms with Gasteiger partial charge in [0.1, 0.15) is 5.82 Å². The Labute approximate surface area is 173 Å². The van der Waals surface area contributed by atoms with Gasteiger partial charge in [-0.3, -0.25) is 0 Å². The molecule has 0 spiro atoms. The molecule has 29 heavy (non-hydrogen) atoms. The fourth-order valence-electron chi connectivity index (χ4n) is 2.97. The predicted octanol–water partition coefficient (Wildman–Crippen LogP) is 5.39. The summed E-state index contributed by atoms with van der Waals surface area (Å²) in [6, 6.07) is 6.50. The first-order valence-corrected chi connectivity index (χ1v) is 12.9. The van der Waals surface area contributed by atoms with E-state index >= 15 is 4.39 Å². The van der Waals surface area contributed by atoms with Gasteiger partial charge in [-0.15, -0.1) is 0 Å². The topological polar surface area (TPSA) is 34.6 Å². The fraction of sp³-hybridized carbons (Fsp3) is 0.500. The molecule has 2 aromatic rings. The minimum Gasteiger partial charge on any atom is -0.412 e. The molecule has 1 aliphatic rings. The van der Waals surface area contributed by atoms with Gasteiger partial charge >= 0.3 is 0 Å². The van der Waals surface area contributed by atoms with Crippen LogP contribution in [0, 0.1) is 11.6 Å². The predicted molar refractivity (Wildman–Crippen MR) is 115 cm³/mol. The number of halogens is 2. The van der Waals surface area contributed by atoms with Crippen LogP contribution in [0.15, 0.2) is 30.5 Å². The molecule has 1 aliphatic heterocycles. The highest BCUT2D eigenvalue weighted by atomic mass is 28.4. The molecule has 1 aromatic carbocycles. The summed E-state index contributed by atoms with van der Waals surface area (Å²) < 4.78 is 41.3. The summed E-state index contributed by atoms with van der Waals surface area (Å²) >= 11 is 0. The standard InChI is InChI=1S/C22H30F2N2O2Si/c1-22(2,3)29(4,5)28-15-16-7-6-8-18(20(16)24)17-13-19(23)21(25-14-17)26-9-11-27-12-10-26/h6-8,13-14H,9-12,15H2,1-5H3. The molecule has 2 heterocycles. The van der Waals surface area contributed by atoms with Crippen LogP contribution in [0.2, 0.25) is 18.1 Å². The Bertz CT molecular complexity index is 862. The molecule has 0 N–H and O–H groups in total. The molecule has 158 valence electrons. The SMILES string of the molecule is CC(C)(C)[Si](C)(C)OCc1cccc(-c2cnc(N3CCOCC3)c(F)c2)c1F. The van der Waals surface area contributed by atoms with Crippen molar-refractivity contribution in [2.75, 3.05) is 31.2 Å². The molecule has 0 unspecified atom stereocenters. The molecule has 1 fully saturated rings. The van der Waals surface area contributed by atoms with Crippen molar-refractivity contribution in [2.45, 2.75) is 45.5 Å². The van der Waals surface area contributed by atoms with Crippen LogP contribution in [-0.4, -0.2) is 39.6 Å². The Morgan fingerprint density at radius 3 is 2.48 bits per heavy atom.